The van der Waals surface area contributed by atoms with Crippen molar-refractivity contribution in [2.45, 2.75) is 13.0 Å². The fourth-order valence-corrected chi connectivity index (χ4v) is 2.16. The predicted octanol–water partition coefficient (Wildman–Crippen LogP) is 3.09. The maximum absolute atomic E-state index is 9.07. The van der Waals surface area contributed by atoms with Gasteiger partial charge in [-0.25, -0.2) is 4.99 Å². The van der Waals surface area contributed by atoms with Gasteiger partial charge in [0.05, 0.1) is 14.2 Å². The van der Waals surface area contributed by atoms with E-state index in [0.29, 0.717) is 18.8 Å². The number of ether oxygens (including phenoxy) is 2. The number of rotatable bonds is 8. The molecule has 0 saturated carbocycles. The van der Waals surface area contributed by atoms with Crippen molar-refractivity contribution in [3.8, 4) is 11.5 Å². The van der Waals surface area contributed by atoms with Crippen LogP contribution in [0.3, 0.4) is 0 Å². The number of amidine groups is 1. The SMILES string of the molecule is COc1ccc(C=N/C(CCNCc2ccc(OC)cc2)=N\O)cc1. The molecular formula is C19H23N3O3. The van der Waals surface area contributed by atoms with Gasteiger partial charge in [0.2, 0.25) is 0 Å². The lowest BCUT2D eigenvalue weighted by Crippen LogP contribution is -2.17. The molecule has 0 amide bonds. The van der Waals surface area contributed by atoms with Crippen LogP contribution in [-0.4, -0.2) is 38.0 Å². The van der Waals surface area contributed by atoms with Crippen LogP contribution >= 0.6 is 0 Å². The van der Waals surface area contributed by atoms with E-state index in [4.69, 9.17) is 14.7 Å². The summed E-state index contributed by atoms with van der Waals surface area (Å²) in [7, 11) is 3.27. The van der Waals surface area contributed by atoms with Gasteiger partial charge in [-0.05, 0) is 47.5 Å². The van der Waals surface area contributed by atoms with Gasteiger partial charge in [-0.1, -0.05) is 17.3 Å². The number of hydrogen-bond acceptors (Lipinski definition) is 5. The molecule has 2 N–H and O–H groups in total. The summed E-state index contributed by atoms with van der Waals surface area (Å²) in [4.78, 5) is 4.21. The van der Waals surface area contributed by atoms with Gasteiger partial charge in [0.1, 0.15) is 11.5 Å². The highest BCUT2D eigenvalue weighted by molar-refractivity contribution is 5.94. The summed E-state index contributed by atoms with van der Waals surface area (Å²) in [6, 6.07) is 15.4. The molecule has 0 saturated heterocycles. The van der Waals surface area contributed by atoms with Crippen LogP contribution in [0, 0.1) is 0 Å². The Labute approximate surface area is 147 Å². The van der Waals surface area contributed by atoms with Crippen LogP contribution in [-0.2, 0) is 6.54 Å². The van der Waals surface area contributed by atoms with Crippen molar-refractivity contribution < 1.29 is 14.7 Å². The highest BCUT2D eigenvalue weighted by Crippen LogP contribution is 2.11. The largest absolute Gasteiger partial charge is 0.497 e. The minimum Gasteiger partial charge on any atom is -0.497 e. The quantitative estimate of drug-likeness (QED) is 0.254. The Hall–Kier alpha value is -2.86. The van der Waals surface area contributed by atoms with E-state index in [1.807, 2.05) is 48.5 Å². The molecule has 2 aromatic rings. The van der Waals surface area contributed by atoms with E-state index in [1.165, 1.54) is 0 Å². The molecule has 6 heteroatoms. The molecule has 0 unspecified atom stereocenters. The number of benzene rings is 2. The lowest BCUT2D eigenvalue weighted by Gasteiger charge is -2.05. The van der Waals surface area contributed by atoms with E-state index in [2.05, 4.69) is 15.5 Å². The Morgan fingerprint density at radius 1 is 1.00 bits per heavy atom. The summed E-state index contributed by atoms with van der Waals surface area (Å²) in [5, 5.41) is 15.6. The number of nitrogens with one attached hydrogen (secondary N) is 1. The zero-order valence-electron chi connectivity index (χ0n) is 14.5. The summed E-state index contributed by atoms with van der Waals surface area (Å²) >= 11 is 0. The molecule has 6 nitrogen and oxygen atoms in total. The third-order valence-corrected chi connectivity index (χ3v) is 3.61. The second-order valence-electron chi connectivity index (χ2n) is 5.32. The lowest BCUT2D eigenvalue weighted by molar-refractivity contribution is 0.317. The highest BCUT2D eigenvalue weighted by atomic mass is 16.5. The van der Waals surface area contributed by atoms with Crippen molar-refractivity contribution in [2.24, 2.45) is 10.1 Å². The molecule has 2 rings (SSSR count). The maximum atomic E-state index is 9.07. The Bertz CT molecular complexity index is 695. The molecule has 0 fully saturated rings. The van der Waals surface area contributed by atoms with Gasteiger partial charge in [-0.2, -0.15) is 0 Å². The van der Waals surface area contributed by atoms with Crippen LogP contribution in [0.25, 0.3) is 0 Å². The van der Waals surface area contributed by atoms with Crippen molar-refractivity contribution >= 4 is 12.1 Å². The highest BCUT2D eigenvalue weighted by Gasteiger charge is 1.99. The molecule has 0 radical (unpaired) electrons. The second-order valence-corrected chi connectivity index (χ2v) is 5.32. The molecule has 0 aliphatic heterocycles. The van der Waals surface area contributed by atoms with Crippen molar-refractivity contribution in [3.63, 3.8) is 0 Å². The monoisotopic (exact) mass is 341 g/mol. The molecule has 0 atom stereocenters. The average molecular weight is 341 g/mol. The van der Waals surface area contributed by atoms with Crippen molar-refractivity contribution in [3.05, 3.63) is 59.7 Å². The third-order valence-electron chi connectivity index (χ3n) is 3.61. The van der Waals surface area contributed by atoms with E-state index in [-0.39, 0.29) is 0 Å². The number of methoxy groups -OCH3 is 2. The van der Waals surface area contributed by atoms with Gasteiger partial charge in [-0.15, -0.1) is 0 Å². The summed E-state index contributed by atoms with van der Waals surface area (Å²) in [5.74, 6) is 2.00. The van der Waals surface area contributed by atoms with Gasteiger partial charge >= 0.3 is 0 Å². The minimum atomic E-state index is 0.373. The van der Waals surface area contributed by atoms with Gasteiger partial charge < -0.3 is 20.0 Å². The van der Waals surface area contributed by atoms with Crippen LogP contribution < -0.4 is 14.8 Å². The molecule has 0 aliphatic rings. The fraction of sp³-hybridized carbons (Fsp3) is 0.263. The molecule has 0 spiro atoms. The van der Waals surface area contributed by atoms with E-state index < -0.39 is 0 Å². The first-order valence-electron chi connectivity index (χ1n) is 7.98. The molecule has 0 aliphatic carbocycles. The molecule has 0 bridgehead atoms. The van der Waals surface area contributed by atoms with Gasteiger partial charge in [0.15, 0.2) is 5.84 Å². The topological polar surface area (TPSA) is 75.4 Å². The summed E-state index contributed by atoms with van der Waals surface area (Å²) in [6.07, 6.45) is 2.19. The first-order valence-corrected chi connectivity index (χ1v) is 7.98. The van der Waals surface area contributed by atoms with Crippen molar-refractivity contribution in [2.75, 3.05) is 20.8 Å². The summed E-state index contributed by atoms with van der Waals surface area (Å²) in [5.41, 5.74) is 2.07. The minimum absolute atomic E-state index is 0.373. The first kappa shape index (κ1) is 18.5. The van der Waals surface area contributed by atoms with Crippen molar-refractivity contribution in [1.29, 1.82) is 0 Å². The summed E-state index contributed by atoms with van der Waals surface area (Å²) in [6.45, 7) is 1.39. The zero-order chi connectivity index (χ0) is 17.9. The predicted molar refractivity (Wildman–Crippen MR) is 99.1 cm³/mol. The summed E-state index contributed by atoms with van der Waals surface area (Å²) < 4.78 is 10.2. The number of nitrogens with zero attached hydrogens (tertiary/aromatic N) is 2. The van der Waals surface area contributed by atoms with E-state index in [1.54, 1.807) is 20.4 Å². The molecule has 0 aromatic heterocycles. The van der Waals surface area contributed by atoms with E-state index in [0.717, 1.165) is 29.2 Å². The molecule has 2 aromatic carbocycles. The molecule has 132 valence electrons. The van der Waals surface area contributed by atoms with Crippen LogP contribution in [0.1, 0.15) is 17.5 Å². The standard InChI is InChI=1S/C19H23N3O3/c1-24-17-7-3-15(4-8-17)13-20-12-11-19(22-23)21-14-16-5-9-18(25-2)10-6-16/h3-10,14,20,23H,11-13H2,1-2H3/b21-14?,22-19-. The van der Waals surface area contributed by atoms with Gasteiger partial charge in [0, 0.05) is 25.7 Å². The Morgan fingerprint density at radius 3 is 2.16 bits per heavy atom. The van der Waals surface area contributed by atoms with Gasteiger partial charge in [-0.3, -0.25) is 0 Å². The molecule has 0 heterocycles. The number of hydrogen-bond donors (Lipinski definition) is 2. The average Bonchev–Trinajstić information content (AvgIpc) is 2.68. The van der Waals surface area contributed by atoms with E-state index in [9.17, 15) is 0 Å². The molecule has 25 heavy (non-hydrogen) atoms. The van der Waals surface area contributed by atoms with Crippen molar-refractivity contribution in [1.82, 2.24) is 5.32 Å². The van der Waals surface area contributed by atoms with Crippen LogP contribution in [0.4, 0.5) is 0 Å². The molecular weight excluding hydrogens is 318 g/mol. The lowest BCUT2D eigenvalue weighted by atomic mass is 10.2. The van der Waals surface area contributed by atoms with Gasteiger partial charge in [0.25, 0.3) is 0 Å². The van der Waals surface area contributed by atoms with Crippen LogP contribution in [0.2, 0.25) is 0 Å². The smallest absolute Gasteiger partial charge is 0.168 e. The van der Waals surface area contributed by atoms with Crippen LogP contribution in [0.5, 0.6) is 11.5 Å². The Balaban J connectivity index is 1.76. The maximum Gasteiger partial charge on any atom is 0.168 e. The first-order chi connectivity index (χ1) is 12.2. The Morgan fingerprint density at radius 2 is 1.60 bits per heavy atom. The van der Waals surface area contributed by atoms with Crippen LogP contribution in [0.15, 0.2) is 58.7 Å². The fourth-order valence-electron chi connectivity index (χ4n) is 2.16. The third kappa shape index (κ3) is 6.27. The number of aliphatic imine (C=N–C) groups is 1. The normalized spacial score (nSPS) is 11.7. The zero-order valence-corrected chi connectivity index (χ0v) is 14.5. The van der Waals surface area contributed by atoms with E-state index >= 15 is 0 Å². The second kappa shape index (κ2) is 10.1. The Kier molecular flexibility index (Phi) is 7.46. The number of oxime groups is 1.